The number of nitrogens with one attached hydrogen (secondary N) is 1. The average molecular weight is 311 g/mol. The number of hydrogen-bond acceptors (Lipinski definition) is 2. The number of rotatable bonds is 1. The largest absolute Gasteiger partial charge is 0.309 e. The Balaban J connectivity index is 2.36. The molecule has 0 saturated carbocycles. The smallest absolute Gasteiger partial charge is 0.246 e. The molecule has 1 N–H and O–H groups in total. The molecule has 1 heterocycles. The molecular formula is C14H19BrN2O. The van der Waals surface area contributed by atoms with E-state index in [1.54, 1.807) is 0 Å². The van der Waals surface area contributed by atoms with Crippen molar-refractivity contribution in [3.05, 3.63) is 28.2 Å². The Bertz CT molecular complexity index is 485. The van der Waals surface area contributed by atoms with E-state index in [0.717, 1.165) is 15.7 Å². The Morgan fingerprint density at radius 1 is 1.44 bits per heavy atom. The van der Waals surface area contributed by atoms with E-state index >= 15 is 0 Å². The summed E-state index contributed by atoms with van der Waals surface area (Å²) in [6.07, 6.45) is 0. The lowest BCUT2D eigenvalue weighted by molar-refractivity contribution is -0.125. The highest BCUT2D eigenvalue weighted by Crippen LogP contribution is 2.27. The number of anilines is 1. The normalized spacial score (nSPS) is 23.3. The summed E-state index contributed by atoms with van der Waals surface area (Å²) in [6.45, 7) is 8.72. The summed E-state index contributed by atoms with van der Waals surface area (Å²) in [5.41, 5.74) is 1.62. The molecule has 1 fully saturated rings. The molecule has 1 saturated heterocycles. The van der Waals surface area contributed by atoms with Crippen molar-refractivity contribution >= 4 is 27.5 Å². The minimum absolute atomic E-state index is 0.127. The topological polar surface area (TPSA) is 32.3 Å². The first-order valence-electron chi connectivity index (χ1n) is 6.17. The number of aryl methyl sites for hydroxylation is 1. The summed E-state index contributed by atoms with van der Waals surface area (Å²) in [6, 6.07) is 6.33. The van der Waals surface area contributed by atoms with Crippen molar-refractivity contribution in [2.24, 2.45) is 0 Å². The number of nitrogens with zero attached hydrogens (tertiary/aromatic N) is 1. The molecule has 1 atom stereocenters. The Hall–Kier alpha value is -0.870. The lowest BCUT2D eigenvalue weighted by Gasteiger charge is -2.41. The summed E-state index contributed by atoms with van der Waals surface area (Å²) in [5, 5.41) is 3.33. The van der Waals surface area contributed by atoms with Gasteiger partial charge in [0, 0.05) is 22.7 Å². The molecule has 18 heavy (non-hydrogen) atoms. The zero-order valence-corrected chi connectivity index (χ0v) is 12.8. The molecule has 1 aliphatic heterocycles. The second kappa shape index (κ2) is 4.67. The standard InChI is InChI=1S/C14H19BrN2O/c1-9-7-11(5-6-12(9)15)17-8-10(2)16-14(3,4)13(17)18/h5-7,10,16H,8H2,1-4H3. The van der Waals surface area contributed by atoms with Gasteiger partial charge in [-0.15, -0.1) is 0 Å². The first kappa shape index (κ1) is 13.6. The predicted octanol–water partition coefficient (Wildman–Crippen LogP) is 2.86. The Kier molecular flexibility index (Phi) is 3.52. The summed E-state index contributed by atoms with van der Waals surface area (Å²) < 4.78 is 1.07. The zero-order valence-electron chi connectivity index (χ0n) is 11.2. The molecular weight excluding hydrogens is 292 g/mol. The van der Waals surface area contributed by atoms with Crippen LogP contribution in [0.5, 0.6) is 0 Å². The van der Waals surface area contributed by atoms with Gasteiger partial charge in [0.05, 0.1) is 5.54 Å². The highest BCUT2D eigenvalue weighted by Gasteiger charge is 2.38. The quantitative estimate of drug-likeness (QED) is 0.865. The minimum Gasteiger partial charge on any atom is -0.309 e. The second-order valence-corrected chi connectivity index (χ2v) is 6.37. The number of carbonyl (C=O) groups excluding carboxylic acids is 1. The fourth-order valence-electron chi connectivity index (χ4n) is 2.44. The Morgan fingerprint density at radius 3 is 2.72 bits per heavy atom. The van der Waals surface area contributed by atoms with Gasteiger partial charge in [0.1, 0.15) is 0 Å². The SMILES string of the molecule is Cc1cc(N2CC(C)NC(C)(C)C2=O)ccc1Br. The minimum atomic E-state index is -0.501. The van der Waals surface area contributed by atoms with Gasteiger partial charge in [0.25, 0.3) is 0 Å². The van der Waals surface area contributed by atoms with Crippen molar-refractivity contribution in [3.8, 4) is 0 Å². The summed E-state index contributed by atoms with van der Waals surface area (Å²) in [7, 11) is 0. The van der Waals surface area contributed by atoms with E-state index in [-0.39, 0.29) is 5.91 Å². The van der Waals surface area contributed by atoms with Crippen molar-refractivity contribution in [1.29, 1.82) is 0 Å². The van der Waals surface area contributed by atoms with E-state index in [1.165, 1.54) is 0 Å². The van der Waals surface area contributed by atoms with Crippen LogP contribution in [0.3, 0.4) is 0 Å². The summed E-state index contributed by atoms with van der Waals surface area (Å²) >= 11 is 3.49. The molecule has 0 bridgehead atoms. The van der Waals surface area contributed by atoms with E-state index in [2.05, 4.69) is 34.2 Å². The molecule has 1 aromatic carbocycles. The molecule has 1 amide bonds. The fraction of sp³-hybridized carbons (Fsp3) is 0.500. The predicted molar refractivity (Wildman–Crippen MR) is 77.9 cm³/mol. The van der Waals surface area contributed by atoms with E-state index in [1.807, 2.05) is 37.8 Å². The van der Waals surface area contributed by atoms with E-state index < -0.39 is 5.54 Å². The van der Waals surface area contributed by atoms with Gasteiger partial charge in [0.15, 0.2) is 0 Å². The summed E-state index contributed by atoms with van der Waals surface area (Å²) in [4.78, 5) is 14.3. The van der Waals surface area contributed by atoms with Gasteiger partial charge in [-0.25, -0.2) is 0 Å². The lowest BCUT2D eigenvalue weighted by atomic mass is 9.97. The van der Waals surface area contributed by atoms with Crippen molar-refractivity contribution in [3.63, 3.8) is 0 Å². The molecule has 0 radical (unpaired) electrons. The lowest BCUT2D eigenvalue weighted by Crippen LogP contribution is -2.65. The van der Waals surface area contributed by atoms with Crippen LogP contribution in [-0.2, 0) is 4.79 Å². The third kappa shape index (κ3) is 2.45. The molecule has 1 aromatic rings. The number of amides is 1. The van der Waals surface area contributed by atoms with Gasteiger partial charge < -0.3 is 4.90 Å². The highest BCUT2D eigenvalue weighted by molar-refractivity contribution is 9.10. The average Bonchev–Trinajstić information content (AvgIpc) is 2.27. The van der Waals surface area contributed by atoms with Crippen LogP contribution in [-0.4, -0.2) is 24.0 Å². The van der Waals surface area contributed by atoms with Crippen LogP contribution in [0.1, 0.15) is 26.3 Å². The molecule has 0 aromatic heterocycles. The van der Waals surface area contributed by atoms with Crippen LogP contribution >= 0.6 is 15.9 Å². The van der Waals surface area contributed by atoms with Crippen LogP contribution < -0.4 is 10.2 Å². The van der Waals surface area contributed by atoms with Crippen molar-refractivity contribution in [2.45, 2.75) is 39.3 Å². The van der Waals surface area contributed by atoms with Crippen LogP contribution in [0.2, 0.25) is 0 Å². The van der Waals surface area contributed by atoms with Crippen LogP contribution in [0, 0.1) is 6.92 Å². The van der Waals surface area contributed by atoms with Gasteiger partial charge in [0.2, 0.25) is 5.91 Å². The van der Waals surface area contributed by atoms with E-state index in [9.17, 15) is 4.79 Å². The van der Waals surface area contributed by atoms with E-state index in [4.69, 9.17) is 0 Å². The van der Waals surface area contributed by atoms with Gasteiger partial charge in [-0.1, -0.05) is 15.9 Å². The van der Waals surface area contributed by atoms with Gasteiger partial charge in [-0.05, 0) is 51.5 Å². The number of halogens is 1. The second-order valence-electron chi connectivity index (χ2n) is 5.52. The monoisotopic (exact) mass is 310 g/mol. The van der Waals surface area contributed by atoms with Crippen LogP contribution in [0.4, 0.5) is 5.69 Å². The number of benzene rings is 1. The maximum Gasteiger partial charge on any atom is 0.246 e. The Morgan fingerprint density at radius 2 is 2.11 bits per heavy atom. The van der Waals surface area contributed by atoms with Crippen LogP contribution in [0.25, 0.3) is 0 Å². The molecule has 98 valence electrons. The summed E-state index contributed by atoms with van der Waals surface area (Å²) in [5.74, 6) is 0.127. The van der Waals surface area contributed by atoms with E-state index in [0.29, 0.717) is 12.6 Å². The number of piperazine rings is 1. The molecule has 0 spiro atoms. The third-order valence-corrected chi connectivity index (χ3v) is 4.19. The molecule has 1 aliphatic rings. The first-order chi connectivity index (χ1) is 8.31. The highest BCUT2D eigenvalue weighted by atomic mass is 79.9. The maximum absolute atomic E-state index is 12.4. The molecule has 0 aliphatic carbocycles. The van der Waals surface area contributed by atoms with Crippen molar-refractivity contribution in [1.82, 2.24) is 5.32 Å². The van der Waals surface area contributed by atoms with Gasteiger partial charge in [-0.3, -0.25) is 10.1 Å². The van der Waals surface area contributed by atoms with Gasteiger partial charge >= 0.3 is 0 Å². The number of carbonyl (C=O) groups is 1. The molecule has 1 unspecified atom stereocenters. The van der Waals surface area contributed by atoms with Crippen molar-refractivity contribution < 1.29 is 4.79 Å². The molecule has 4 heteroatoms. The fourth-order valence-corrected chi connectivity index (χ4v) is 2.68. The Labute approximate surface area is 117 Å². The maximum atomic E-state index is 12.4. The zero-order chi connectivity index (χ0) is 13.5. The third-order valence-electron chi connectivity index (χ3n) is 3.30. The van der Waals surface area contributed by atoms with Crippen LogP contribution in [0.15, 0.2) is 22.7 Å². The number of hydrogen-bond donors (Lipinski definition) is 1. The molecule has 3 nitrogen and oxygen atoms in total. The first-order valence-corrected chi connectivity index (χ1v) is 6.96. The van der Waals surface area contributed by atoms with Gasteiger partial charge in [-0.2, -0.15) is 0 Å². The molecule has 2 rings (SSSR count). The van der Waals surface area contributed by atoms with Crippen molar-refractivity contribution in [2.75, 3.05) is 11.4 Å².